The molecule has 0 bridgehead atoms. The minimum Gasteiger partial charge on any atom is -0.390 e. The van der Waals surface area contributed by atoms with Gasteiger partial charge in [-0.2, -0.15) is 0 Å². The number of aromatic amines is 1. The minimum atomic E-state index is -3.54. The van der Waals surface area contributed by atoms with Gasteiger partial charge in [0.1, 0.15) is 24.1 Å². The smallest absolute Gasteiger partial charge is 0.283 e. The Morgan fingerprint density at radius 2 is 1.79 bits per heavy atom. The van der Waals surface area contributed by atoms with E-state index in [0.29, 0.717) is 42.5 Å². The zero-order valence-electron chi connectivity index (χ0n) is 21.4. The molecule has 1 aromatic heterocycles. The summed E-state index contributed by atoms with van der Waals surface area (Å²) in [6.45, 7) is 0.273. The maximum absolute atomic E-state index is 15.8. The van der Waals surface area contributed by atoms with Crippen LogP contribution in [0.15, 0.2) is 30.3 Å². The molecule has 1 saturated heterocycles. The molecule has 3 heterocycles. The Morgan fingerprint density at radius 3 is 2.44 bits per heavy atom. The number of halogens is 6. The fraction of sp³-hybridized carbons (Fsp3) is 0.500. The Kier molecular flexibility index (Phi) is 7.71. The van der Waals surface area contributed by atoms with Crippen LogP contribution in [0.4, 0.5) is 26.3 Å². The van der Waals surface area contributed by atoms with E-state index in [9.17, 15) is 27.8 Å². The zero-order valence-corrected chi connectivity index (χ0v) is 21.4. The molecular formula is C28H31F6N3O2. The third-order valence-electron chi connectivity index (χ3n) is 7.97. The first-order chi connectivity index (χ1) is 18.5. The highest BCUT2D eigenvalue weighted by Crippen LogP contribution is 2.44. The van der Waals surface area contributed by atoms with Gasteiger partial charge in [-0.15, -0.1) is 0 Å². The van der Waals surface area contributed by atoms with Crippen LogP contribution in [0, 0.1) is 23.4 Å². The molecule has 0 aliphatic carbocycles. The van der Waals surface area contributed by atoms with Crippen LogP contribution >= 0.6 is 0 Å². The third kappa shape index (κ3) is 5.29. The van der Waals surface area contributed by atoms with Crippen LogP contribution in [0.5, 0.6) is 0 Å². The molecule has 1 fully saturated rings. The second-order valence-corrected chi connectivity index (χ2v) is 10.8. The van der Waals surface area contributed by atoms with Gasteiger partial charge in [0.15, 0.2) is 0 Å². The number of hydrogen-bond donors (Lipinski definition) is 3. The van der Waals surface area contributed by atoms with Crippen molar-refractivity contribution < 1.29 is 36.6 Å². The van der Waals surface area contributed by atoms with Crippen molar-refractivity contribution in [2.24, 2.45) is 5.92 Å². The Hall–Kier alpha value is -2.60. The van der Waals surface area contributed by atoms with E-state index in [1.165, 1.54) is 17.0 Å². The Bertz CT molecular complexity index is 1320. The molecule has 0 radical (unpaired) electrons. The number of aliphatic hydroxyl groups excluding tert-OH is 2. The van der Waals surface area contributed by atoms with Gasteiger partial charge in [0, 0.05) is 53.8 Å². The van der Waals surface area contributed by atoms with E-state index in [0.717, 1.165) is 12.1 Å². The van der Waals surface area contributed by atoms with Crippen molar-refractivity contribution in [2.75, 3.05) is 39.5 Å². The molecular weight excluding hydrogens is 524 g/mol. The van der Waals surface area contributed by atoms with E-state index in [1.54, 1.807) is 13.0 Å². The molecule has 0 saturated carbocycles. The van der Waals surface area contributed by atoms with Crippen LogP contribution in [0.1, 0.15) is 47.9 Å². The van der Waals surface area contributed by atoms with Crippen LogP contribution < -0.4 is 0 Å². The monoisotopic (exact) mass is 555 g/mol. The maximum Gasteiger partial charge on any atom is 0.283 e. The topological polar surface area (TPSA) is 62.7 Å². The molecule has 5 rings (SSSR count). The van der Waals surface area contributed by atoms with Gasteiger partial charge in [-0.05, 0) is 61.2 Å². The molecule has 2 aromatic carbocycles. The quantitative estimate of drug-likeness (QED) is 0.330. The van der Waals surface area contributed by atoms with Crippen molar-refractivity contribution >= 4 is 10.9 Å². The fourth-order valence-electron chi connectivity index (χ4n) is 5.99. The largest absolute Gasteiger partial charge is 0.390 e. The summed E-state index contributed by atoms with van der Waals surface area (Å²) in [4.78, 5) is 6.19. The second-order valence-electron chi connectivity index (χ2n) is 10.8. The van der Waals surface area contributed by atoms with E-state index >= 15 is 8.78 Å². The average Bonchev–Trinajstić information content (AvgIpc) is 3.20. The maximum atomic E-state index is 15.8. The highest BCUT2D eigenvalue weighted by Gasteiger charge is 2.44. The van der Waals surface area contributed by atoms with Gasteiger partial charge < -0.3 is 20.1 Å². The molecule has 3 atom stereocenters. The Balaban J connectivity index is 1.54. The van der Waals surface area contributed by atoms with Gasteiger partial charge >= 0.3 is 0 Å². The van der Waals surface area contributed by atoms with Gasteiger partial charge in [0.05, 0.1) is 25.4 Å². The molecule has 2 aliphatic rings. The van der Waals surface area contributed by atoms with Crippen LogP contribution in [-0.4, -0.2) is 76.4 Å². The number of benzene rings is 2. The minimum absolute atomic E-state index is 0.0268. The number of aliphatic hydroxyl groups is 2. The lowest BCUT2D eigenvalue weighted by molar-refractivity contribution is -0.0869. The van der Waals surface area contributed by atoms with Crippen molar-refractivity contribution in [1.82, 2.24) is 14.8 Å². The molecule has 11 heteroatoms. The van der Waals surface area contributed by atoms with Crippen LogP contribution in [0.3, 0.4) is 0 Å². The molecule has 3 aromatic rings. The normalized spacial score (nSPS) is 21.8. The van der Waals surface area contributed by atoms with Crippen molar-refractivity contribution in [3.8, 4) is 0 Å². The predicted octanol–water partition coefficient (Wildman–Crippen LogP) is 4.87. The Labute approximate surface area is 222 Å². The highest BCUT2D eigenvalue weighted by molar-refractivity contribution is 5.85. The lowest BCUT2D eigenvalue weighted by atomic mass is 9.85. The van der Waals surface area contributed by atoms with E-state index < -0.39 is 67.0 Å². The van der Waals surface area contributed by atoms with Gasteiger partial charge in [0.25, 0.3) is 5.92 Å². The number of likely N-dealkylation sites (tertiary alicyclic amines) is 1. The number of fused-ring (bicyclic) bond motifs is 3. The zero-order chi connectivity index (χ0) is 28.1. The van der Waals surface area contributed by atoms with E-state index in [-0.39, 0.29) is 23.6 Å². The summed E-state index contributed by atoms with van der Waals surface area (Å²) < 4.78 is 86.8. The van der Waals surface area contributed by atoms with Crippen LogP contribution in [0.25, 0.3) is 10.9 Å². The summed E-state index contributed by atoms with van der Waals surface area (Å²) in [5.41, 5.74) is 0.854. The lowest BCUT2D eigenvalue weighted by Gasteiger charge is -2.43. The summed E-state index contributed by atoms with van der Waals surface area (Å²) in [5, 5.41) is 20.6. The predicted molar refractivity (Wildman–Crippen MR) is 134 cm³/mol. The number of H-pyrrole nitrogens is 1. The van der Waals surface area contributed by atoms with Crippen molar-refractivity contribution in [3.63, 3.8) is 0 Å². The first kappa shape index (κ1) is 27.9. The highest BCUT2D eigenvalue weighted by atomic mass is 19.3. The van der Waals surface area contributed by atoms with E-state index in [2.05, 4.69) is 4.98 Å². The number of aromatic nitrogens is 1. The van der Waals surface area contributed by atoms with Gasteiger partial charge in [-0.3, -0.25) is 9.29 Å². The summed E-state index contributed by atoms with van der Waals surface area (Å²) in [5.74, 6) is -6.36. The molecule has 3 N–H and O–H groups in total. The molecule has 5 nitrogen and oxygen atoms in total. The number of hydrogen-bond acceptors (Lipinski definition) is 4. The number of nitrogens with one attached hydrogen (secondary N) is 1. The van der Waals surface area contributed by atoms with Crippen molar-refractivity contribution in [2.45, 2.75) is 43.9 Å². The van der Waals surface area contributed by atoms with Gasteiger partial charge in [-0.1, -0.05) is 0 Å². The number of alkyl halides is 3. The fourth-order valence-corrected chi connectivity index (χ4v) is 5.99. The van der Waals surface area contributed by atoms with E-state index in [1.807, 2.05) is 4.90 Å². The standard InChI is InChI=1S/C28H31F6N3O2/c1-15-7-20-19-4-3-18(30)10-23(19)35-25(20)26(37(15)13-28(33,34)14-38)24-21(31)8-16(9-22(24)32)27(39)17-11-36(12-17)6-2-5-29/h3-4,8-10,15,17,26-27,35,38-39H,2,5-7,11-14H2,1H3/t15-,26-,27+/m1/s1. The molecule has 2 aliphatic heterocycles. The SMILES string of the molecule is C[C@@H]1Cc2c([nH]c3cc(F)ccc23)[C@@H](c2c(F)cc([C@H](O)C3CN(CCCF)C3)cc2F)N1CC(F)(F)CO. The number of nitrogens with zero attached hydrogens (tertiary/aromatic N) is 2. The first-order valence-corrected chi connectivity index (χ1v) is 13.0. The van der Waals surface area contributed by atoms with Crippen LogP contribution in [-0.2, 0) is 6.42 Å². The molecule has 39 heavy (non-hydrogen) atoms. The summed E-state index contributed by atoms with van der Waals surface area (Å²) in [6, 6.07) is 4.18. The Morgan fingerprint density at radius 1 is 1.10 bits per heavy atom. The summed E-state index contributed by atoms with van der Waals surface area (Å²) in [7, 11) is 0. The van der Waals surface area contributed by atoms with Crippen molar-refractivity contribution in [3.05, 3.63) is 70.2 Å². The third-order valence-corrected chi connectivity index (χ3v) is 7.97. The van der Waals surface area contributed by atoms with Gasteiger partial charge in [-0.25, -0.2) is 22.0 Å². The van der Waals surface area contributed by atoms with Crippen LogP contribution in [0.2, 0.25) is 0 Å². The summed E-state index contributed by atoms with van der Waals surface area (Å²) in [6.07, 6.45) is -0.523. The molecule has 0 unspecified atom stereocenters. The van der Waals surface area contributed by atoms with E-state index in [4.69, 9.17) is 0 Å². The molecule has 0 spiro atoms. The second kappa shape index (κ2) is 10.8. The molecule has 0 amide bonds. The van der Waals surface area contributed by atoms with Gasteiger partial charge in [0.2, 0.25) is 0 Å². The lowest BCUT2D eigenvalue weighted by Crippen LogP contribution is -2.50. The summed E-state index contributed by atoms with van der Waals surface area (Å²) >= 11 is 0. The van der Waals surface area contributed by atoms with Crippen molar-refractivity contribution in [1.29, 1.82) is 0 Å². The molecule has 212 valence electrons. The average molecular weight is 556 g/mol. The number of rotatable bonds is 9. The first-order valence-electron chi connectivity index (χ1n) is 13.0.